The van der Waals surface area contributed by atoms with Crippen molar-refractivity contribution in [3.63, 3.8) is 0 Å². The maximum Gasteiger partial charge on any atom is 0.209 e. The van der Waals surface area contributed by atoms with Crippen LogP contribution in [0.3, 0.4) is 0 Å². The highest BCUT2D eigenvalue weighted by Crippen LogP contribution is 2.27. The molecule has 0 radical (unpaired) electrons. The number of hydrogen-bond donors (Lipinski definition) is 0. The Labute approximate surface area is 148 Å². The van der Waals surface area contributed by atoms with Crippen LogP contribution in [0.4, 0.5) is 0 Å². The van der Waals surface area contributed by atoms with Gasteiger partial charge in [-0.05, 0) is 36.3 Å². The summed E-state index contributed by atoms with van der Waals surface area (Å²) in [7, 11) is 0. The second-order valence-corrected chi connectivity index (χ2v) is 6.99. The molecule has 2 aromatic heterocycles. The van der Waals surface area contributed by atoms with Crippen molar-refractivity contribution in [1.29, 1.82) is 0 Å². The van der Waals surface area contributed by atoms with Gasteiger partial charge in [0.15, 0.2) is 5.76 Å². The summed E-state index contributed by atoms with van der Waals surface area (Å²) in [5.41, 5.74) is 1.61. The predicted octanol–water partition coefficient (Wildman–Crippen LogP) is 2.88. The molecule has 130 valence electrons. The van der Waals surface area contributed by atoms with E-state index < -0.39 is 0 Å². The Hall–Kier alpha value is -2.19. The maximum absolute atomic E-state index is 12.6. The number of aromatic nitrogens is 4. The number of hydrogen-bond acceptors (Lipinski definition) is 7. The van der Waals surface area contributed by atoms with E-state index in [1.54, 1.807) is 4.68 Å². The van der Waals surface area contributed by atoms with E-state index >= 15 is 0 Å². The van der Waals surface area contributed by atoms with Crippen LogP contribution in [0, 0.1) is 6.92 Å². The van der Waals surface area contributed by atoms with Gasteiger partial charge in [0, 0.05) is 17.6 Å². The number of para-hydroxylation sites is 1. The third kappa shape index (κ3) is 3.32. The zero-order valence-corrected chi connectivity index (χ0v) is 14.7. The van der Waals surface area contributed by atoms with Crippen molar-refractivity contribution in [2.24, 2.45) is 0 Å². The lowest BCUT2D eigenvalue weighted by Crippen LogP contribution is -2.17. The molecule has 1 aliphatic rings. The highest BCUT2D eigenvalue weighted by Gasteiger charge is 2.21. The van der Waals surface area contributed by atoms with Gasteiger partial charge in [0.05, 0.1) is 18.4 Å². The number of furan rings is 1. The molecule has 1 atom stereocenters. The number of ketones is 1. The zero-order chi connectivity index (χ0) is 17.2. The number of rotatable bonds is 6. The van der Waals surface area contributed by atoms with E-state index in [1.807, 2.05) is 31.2 Å². The Morgan fingerprint density at radius 2 is 2.28 bits per heavy atom. The number of benzene rings is 1. The summed E-state index contributed by atoms with van der Waals surface area (Å²) in [5.74, 6) is 0.573. The lowest BCUT2D eigenvalue weighted by atomic mass is 10.1. The SMILES string of the molecule is Cc1c(C(=O)CSc2nnnn2CC2CCCO2)oc2ccccc12. The second kappa shape index (κ2) is 6.97. The molecule has 0 amide bonds. The third-order valence-electron chi connectivity index (χ3n) is 4.33. The van der Waals surface area contributed by atoms with E-state index in [2.05, 4.69) is 15.5 Å². The lowest BCUT2D eigenvalue weighted by Gasteiger charge is -2.09. The average molecular weight is 358 g/mol. The van der Waals surface area contributed by atoms with Gasteiger partial charge in [0.25, 0.3) is 0 Å². The molecule has 1 aliphatic heterocycles. The van der Waals surface area contributed by atoms with Crippen molar-refractivity contribution in [2.75, 3.05) is 12.4 Å². The first kappa shape index (κ1) is 16.3. The van der Waals surface area contributed by atoms with E-state index in [1.165, 1.54) is 11.8 Å². The molecule has 0 spiro atoms. The summed E-state index contributed by atoms with van der Waals surface area (Å²) in [5, 5.41) is 13.3. The summed E-state index contributed by atoms with van der Waals surface area (Å²) >= 11 is 1.32. The first-order valence-electron chi connectivity index (χ1n) is 8.24. The van der Waals surface area contributed by atoms with Crippen LogP contribution >= 0.6 is 11.8 Å². The molecule has 1 fully saturated rings. The molecule has 8 heteroatoms. The molecule has 7 nitrogen and oxygen atoms in total. The monoisotopic (exact) mass is 358 g/mol. The molecule has 4 rings (SSSR count). The van der Waals surface area contributed by atoms with Crippen molar-refractivity contribution in [3.8, 4) is 0 Å². The minimum atomic E-state index is -0.0645. The summed E-state index contributed by atoms with van der Waals surface area (Å²) in [6.45, 7) is 3.32. The number of Topliss-reactive ketones (excluding diaryl/α,β-unsaturated/α-hetero) is 1. The fourth-order valence-corrected chi connectivity index (χ4v) is 3.78. The predicted molar refractivity (Wildman–Crippen MR) is 92.8 cm³/mol. The van der Waals surface area contributed by atoms with Crippen LogP contribution in [-0.2, 0) is 11.3 Å². The molecule has 3 heterocycles. The van der Waals surface area contributed by atoms with Gasteiger partial charge in [-0.15, -0.1) is 5.10 Å². The van der Waals surface area contributed by atoms with Crippen molar-refractivity contribution >= 4 is 28.5 Å². The van der Waals surface area contributed by atoms with Gasteiger partial charge in [0.2, 0.25) is 10.9 Å². The van der Waals surface area contributed by atoms with E-state index in [0.717, 1.165) is 36.0 Å². The van der Waals surface area contributed by atoms with E-state index in [-0.39, 0.29) is 17.6 Å². The minimum Gasteiger partial charge on any atom is -0.453 e. The summed E-state index contributed by atoms with van der Waals surface area (Å²) in [6.07, 6.45) is 2.23. The van der Waals surface area contributed by atoms with Gasteiger partial charge in [-0.3, -0.25) is 4.79 Å². The number of carbonyl (C=O) groups excluding carboxylic acids is 1. The van der Waals surface area contributed by atoms with E-state index in [4.69, 9.17) is 9.15 Å². The molecule has 3 aromatic rings. The molecule has 1 aromatic carbocycles. The highest BCUT2D eigenvalue weighted by atomic mass is 32.2. The summed E-state index contributed by atoms with van der Waals surface area (Å²) < 4.78 is 13.1. The van der Waals surface area contributed by atoms with Crippen molar-refractivity contribution < 1.29 is 13.9 Å². The number of fused-ring (bicyclic) bond motifs is 1. The van der Waals surface area contributed by atoms with Gasteiger partial charge < -0.3 is 9.15 Å². The molecular weight excluding hydrogens is 340 g/mol. The van der Waals surface area contributed by atoms with Gasteiger partial charge in [-0.1, -0.05) is 30.0 Å². The molecular formula is C17H18N4O3S. The topological polar surface area (TPSA) is 83.0 Å². The fourth-order valence-electron chi connectivity index (χ4n) is 3.03. The van der Waals surface area contributed by atoms with Crippen molar-refractivity contribution in [3.05, 3.63) is 35.6 Å². The Balaban J connectivity index is 1.45. The maximum atomic E-state index is 12.6. The number of tetrazole rings is 1. The Bertz CT molecular complexity index is 898. The van der Waals surface area contributed by atoms with Crippen LogP contribution < -0.4 is 0 Å². The smallest absolute Gasteiger partial charge is 0.209 e. The Morgan fingerprint density at radius 1 is 1.40 bits per heavy atom. The van der Waals surface area contributed by atoms with Crippen LogP contribution in [-0.4, -0.2) is 44.5 Å². The number of aryl methyl sites for hydroxylation is 1. The summed E-state index contributed by atoms with van der Waals surface area (Å²) in [4.78, 5) is 12.6. The lowest BCUT2D eigenvalue weighted by molar-refractivity contribution is 0.0912. The molecule has 25 heavy (non-hydrogen) atoms. The average Bonchev–Trinajstić information content (AvgIpc) is 3.35. The van der Waals surface area contributed by atoms with Gasteiger partial charge in [-0.25, -0.2) is 4.68 Å². The molecule has 0 bridgehead atoms. The Morgan fingerprint density at radius 3 is 3.08 bits per heavy atom. The van der Waals surface area contributed by atoms with Crippen molar-refractivity contribution in [1.82, 2.24) is 20.2 Å². The molecule has 1 saturated heterocycles. The molecule has 0 aliphatic carbocycles. The highest BCUT2D eigenvalue weighted by molar-refractivity contribution is 7.99. The number of carbonyl (C=O) groups is 1. The Kier molecular flexibility index (Phi) is 4.54. The minimum absolute atomic E-state index is 0.0645. The standard InChI is InChI=1S/C17H18N4O3S/c1-11-13-6-2-3-7-15(13)24-16(11)14(22)10-25-17-18-19-20-21(17)9-12-5-4-8-23-12/h2-3,6-7,12H,4-5,8-10H2,1H3. The number of nitrogens with zero attached hydrogens (tertiary/aromatic N) is 4. The summed E-state index contributed by atoms with van der Waals surface area (Å²) in [6, 6.07) is 7.66. The van der Waals surface area contributed by atoms with Crippen LogP contribution in [0.2, 0.25) is 0 Å². The van der Waals surface area contributed by atoms with Gasteiger partial charge in [0.1, 0.15) is 5.58 Å². The number of thioether (sulfide) groups is 1. The first-order chi connectivity index (χ1) is 12.2. The number of ether oxygens (including phenoxy) is 1. The largest absolute Gasteiger partial charge is 0.453 e. The third-order valence-corrected chi connectivity index (χ3v) is 5.29. The van der Waals surface area contributed by atoms with Gasteiger partial charge >= 0.3 is 0 Å². The second-order valence-electron chi connectivity index (χ2n) is 6.04. The fraction of sp³-hybridized carbons (Fsp3) is 0.412. The van der Waals surface area contributed by atoms with Crippen LogP contribution in [0.15, 0.2) is 33.8 Å². The molecule has 0 saturated carbocycles. The van der Waals surface area contributed by atoms with Crippen molar-refractivity contribution in [2.45, 2.75) is 37.6 Å². The molecule has 1 unspecified atom stereocenters. The van der Waals surface area contributed by atoms with E-state index in [9.17, 15) is 4.79 Å². The zero-order valence-electron chi connectivity index (χ0n) is 13.8. The normalized spacial score (nSPS) is 17.4. The van der Waals surface area contributed by atoms with Crippen LogP contribution in [0.25, 0.3) is 11.0 Å². The van der Waals surface area contributed by atoms with Crippen LogP contribution in [0.5, 0.6) is 0 Å². The molecule has 0 N–H and O–H groups in total. The van der Waals surface area contributed by atoms with Crippen LogP contribution in [0.1, 0.15) is 29.0 Å². The van der Waals surface area contributed by atoms with Gasteiger partial charge in [-0.2, -0.15) is 0 Å². The quantitative estimate of drug-likeness (QED) is 0.495. The first-order valence-corrected chi connectivity index (χ1v) is 9.23. The van der Waals surface area contributed by atoms with E-state index in [0.29, 0.717) is 17.5 Å².